The molecule has 5 heteroatoms. The predicted octanol–water partition coefficient (Wildman–Crippen LogP) is 1.71. The summed E-state index contributed by atoms with van der Waals surface area (Å²) in [7, 11) is 0. The minimum absolute atomic E-state index is 0.151. The first-order valence-corrected chi connectivity index (χ1v) is 7.27. The van der Waals surface area contributed by atoms with Crippen molar-refractivity contribution < 1.29 is 19.4 Å². The fourth-order valence-corrected chi connectivity index (χ4v) is 3.03. The Kier molecular flexibility index (Phi) is 4.80. The second-order valence-electron chi connectivity index (χ2n) is 5.72. The molecule has 0 aromatic carbocycles. The minimum atomic E-state index is -0.776. The Morgan fingerprint density at radius 2 is 1.84 bits per heavy atom. The summed E-state index contributed by atoms with van der Waals surface area (Å²) in [5, 5.41) is 12.3. The first-order chi connectivity index (χ1) is 9.14. The number of ether oxygens (including phenoxy) is 1. The van der Waals surface area contributed by atoms with E-state index in [9.17, 15) is 14.7 Å². The maximum Gasteiger partial charge on any atom is 0.311 e. The molecular weight excluding hydrogens is 246 g/mol. The number of aliphatic carboxylic acids is 1. The van der Waals surface area contributed by atoms with Crippen molar-refractivity contribution >= 4 is 11.9 Å². The Hall–Kier alpha value is -1.10. The standard InChI is InChI=1S/C14H23NO4/c16-12(11-6-5-9-19-11)15-10-14(13(17)18)7-3-1-2-4-8-14/h11H,1-10H2,(H,15,16)(H,17,18)/t11-/m0/s1. The van der Waals surface area contributed by atoms with Crippen LogP contribution in [0.5, 0.6) is 0 Å². The summed E-state index contributed by atoms with van der Waals surface area (Å²) in [5.41, 5.74) is -0.773. The zero-order chi connectivity index (χ0) is 13.7. The second-order valence-corrected chi connectivity index (χ2v) is 5.72. The van der Waals surface area contributed by atoms with Crippen LogP contribution < -0.4 is 5.32 Å². The van der Waals surface area contributed by atoms with Crippen LogP contribution in [0.1, 0.15) is 51.4 Å². The SMILES string of the molecule is O=C(NCC1(C(=O)O)CCCCCC1)[C@@H]1CCCO1. The molecule has 2 aliphatic rings. The molecule has 5 nitrogen and oxygen atoms in total. The van der Waals surface area contributed by atoms with Crippen LogP contribution in [0.25, 0.3) is 0 Å². The van der Waals surface area contributed by atoms with Gasteiger partial charge >= 0.3 is 5.97 Å². The molecule has 1 aliphatic heterocycles. The van der Waals surface area contributed by atoms with E-state index in [4.69, 9.17) is 4.74 Å². The van der Waals surface area contributed by atoms with Gasteiger partial charge in [-0.05, 0) is 25.7 Å². The Morgan fingerprint density at radius 3 is 2.37 bits per heavy atom. The fourth-order valence-electron chi connectivity index (χ4n) is 3.03. The second kappa shape index (κ2) is 6.37. The van der Waals surface area contributed by atoms with Gasteiger partial charge in [0.2, 0.25) is 5.91 Å². The molecule has 2 fully saturated rings. The molecule has 0 unspecified atom stereocenters. The van der Waals surface area contributed by atoms with Crippen LogP contribution in [0.4, 0.5) is 0 Å². The van der Waals surface area contributed by atoms with Crippen molar-refractivity contribution in [2.75, 3.05) is 13.2 Å². The first-order valence-electron chi connectivity index (χ1n) is 7.27. The normalized spacial score (nSPS) is 26.6. The zero-order valence-electron chi connectivity index (χ0n) is 11.3. The molecular formula is C14H23NO4. The molecule has 1 saturated heterocycles. The number of amides is 1. The number of carbonyl (C=O) groups excluding carboxylic acids is 1. The van der Waals surface area contributed by atoms with Gasteiger partial charge in [-0.15, -0.1) is 0 Å². The summed E-state index contributed by atoms with van der Waals surface area (Å²) < 4.78 is 5.31. The van der Waals surface area contributed by atoms with Gasteiger partial charge in [0.1, 0.15) is 6.10 Å². The molecule has 108 valence electrons. The Morgan fingerprint density at radius 1 is 1.16 bits per heavy atom. The van der Waals surface area contributed by atoms with E-state index < -0.39 is 11.4 Å². The quantitative estimate of drug-likeness (QED) is 0.762. The summed E-state index contributed by atoms with van der Waals surface area (Å²) in [4.78, 5) is 23.5. The average molecular weight is 269 g/mol. The first kappa shape index (κ1) is 14.3. The molecule has 1 aliphatic carbocycles. The van der Waals surface area contributed by atoms with Crippen molar-refractivity contribution in [1.82, 2.24) is 5.32 Å². The zero-order valence-corrected chi connectivity index (χ0v) is 11.3. The van der Waals surface area contributed by atoms with E-state index in [1.165, 1.54) is 0 Å². The van der Waals surface area contributed by atoms with Gasteiger partial charge in [-0.3, -0.25) is 9.59 Å². The lowest BCUT2D eigenvalue weighted by atomic mass is 9.80. The van der Waals surface area contributed by atoms with E-state index in [1.54, 1.807) is 0 Å². The van der Waals surface area contributed by atoms with Crippen LogP contribution >= 0.6 is 0 Å². The predicted molar refractivity (Wildman–Crippen MR) is 69.8 cm³/mol. The van der Waals surface area contributed by atoms with Crippen molar-refractivity contribution in [3.05, 3.63) is 0 Å². The van der Waals surface area contributed by atoms with Crippen LogP contribution in [0.2, 0.25) is 0 Å². The Bertz CT molecular complexity index is 328. The number of carbonyl (C=O) groups is 2. The summed E-state index contributed by atoms with van der Waals surface area (Å²) in [6.45, 7) is 0.864. The number of hydrogen-bond donors (Lipinski definition) is 2. The number of nitrogens with one attached hydrogen (secondary N) is 1. The summed E-state index contributed by atoms with van der Waals surface area (Å²) in [5.74, 6) is -0.926. The fraction of sp³-hybridized carbons (Fsp3) is 0.857. The van der Waals surface area contributed by atoms with E-state index in [0.29, 0.717) is 19.4 Å². The summed E-state index contributed by atoms with van der Waals surface area (Å²) in [6, 6.07) is 0. The topological polar surface area (TPSA) is 75.6 Å². The molecule has 1 saturated carbocycles. The van der Waals surface area contributed by atoms with Crippen molar-refractivity contribution in [2.24, 2.45) is 5.41 Å². The third kappa shape index (κ3) is 3.47. The third-order valence-electron chi connectivity index (χ3n) is 4.34. The molecule has 2 N–H and O–H groups in total. The summed E-state index contributed by atoms with van der Waals surface area (Å²) in [6.07, 6.45) is 6.64. The molecule has 0 aromatic heterocycles. The van der Waals surface area contributed by atoms with E-state index in [1.807, 2.05) is 0 Å². The van der Waals surface area contributed by atoms with Crippen molar-refractivity contribution in [1.29, 1.82) is 0 Å². The highest BCUT2D eigenvalue weighted by Crippen LogP contribution is 2.34. The summed E-state index contributed by atoms with van der Waals surface area (Å²) >= 11 is 0. The van der Waals surface area contributed by atoms with Gasteiger partial charge in [0.25, 0.3) is 0 Å². The maximum atomic E-state index is 11.9. The maximum absolute atomic E-state index is 11.9. The van der Waals surface area contributed by atoms with Crippen LogP contribution in [0, 0.1) is 5.41 Å². The number of carboxylic acid groups (broad SMARTS) is 1. The van der Waals surface area contributed by atoms with Gasteiger partial charge in [0, 0.05) is 13.2 Å². The third-order valence-corrected chi connectivity index (χ3v) is 4.34. The molecule has 1 atom stereocenters. The molecule has 19 heavy (non-hydrogen) atoms. The highest BCUT2D eigenvalue weighted by molar-refractivity contribution is 5.82. The van der Waals surface area contributed by atoms with Crippen LogP contribution in [0.15, 0.2) is 0 Å². The molecule has 0 radical (unpaired) electrons. The van der Waals surface area contributed by atoms with Gasteiger partial charge in [0.05, 0.1) is 5.41 Å². The Balaban J connectivity index is 1.92. The molecule has 0 bridgehead atoms. The number of rotatable bonds is 4. The van der Waals surface area contributed by atoms with Gasteiger partial charge in [-0.2, -0.15) is 0 Å². The van der Waals surface area contributed by atoms with Crippen LogP contribution in [0.3, 0.4) is 0 Å². The highest BCUT2D eigenvalue weighted by atomic mass is 16.5. The molecule has 1 heterocycles. The monoisotopic (exact) mass is 269 g/mol. The molecule has 1 amide bonds. The minimum Gasteiger partial charge on any atom is -0.481 e. The van der Waals surface area contributed by atoms with E-state index in [2.05, 4.69) is 5.32 Å². The van der Waals surface area contributed by atoms with E-state index in [-0.39, 0.29) is 18.6 Å². The lowest BCUT2D eigenvalue weighted by Gasteiger charge is -2.28. The van der Waals surface area contributed by atoms with E-state index in [0.717, 1.165) is 38.5 Å². The lowest BCUT2D eigenvalue weighted by Crippen LogP contribution is -2.45. The molecule has 0 spiro atoms. The average Bonchev–Trinajstić information content (AvgIpc) is 2.82. The smallest absolute Gasteiger partial charge is 0.311 e. The van der Waals surface area contributed by atoms with Gasteiger partial charge in [0.15, 0.2) is 0 Å². The number of carboxylic acids is 1. The van der Waals surface area contributed by atoms with Crippen molar-refractivity contribution in [3.8, 4) is 0 Å². The largest absolute Gasteiger partial charge is 0.481 e. The number of hydrogen-bond acceptors (Lipinski definition) is 3. The molecule has 2 rings (SSSR count). The van der Waals surface area contributed by atoms with Gasteiger partial charge < -0.3 is 15.2 Å². The lowest BCUT2D eigenvalue weighted by molar-refractivity contribution is -0.150. The van der Waals surface area contributed by atoms with Crippen molar-refractivity contribution in [2.45, 2.75) is 57.5 Å². The van der Waals surface area contributed by atoms with Crippen LogP contribution in [-0.2, 0) is 14.3 Å². The molecule has 0 aromatic rings. The highest BCUT2D eigenvalue weighted by Gasteiger charge is 2.39. The Labute approximate surface area is 113 Å². The van der Waals surface area contributed by atoms with Crippen LogP contribution in [-0.4, -0.2) is 36.2 Å². The van der Waals surface area contributed by atoms with Gasteiger partial charge in [-0.1, -0.05) is 25.7 Å². The van der Waals surface area contributed by atoms with Gasteiger partial charge in [-0.25, -0.2) is 0 Å². The van der Waals surface area contributed by atoms with E-state index >= 15 is 0 Å². The van der Waals surface area contributed by atoms with Crippen molar-refractivity contribution in [3.63, 3.8) is 0 Å².